The van der Waals surface area contributed by atoms with E-state index < -0.39 is 18.2 Å². The highest BCUT2D eigenvalue weighted by Gasteiger charge is 2.41. The first-order chi connectivity index (χ1) is 10.7. The van der Waals surface area contributed by atoms with Crippen LogP contribution >= 0.6 is 0 Å². The Labute approximate surface area is 130 Å². The molecular weight excluding hydrogens is 282 g/mol. The molecule has 1 aliphatic heterocycles. The van der Waals surface area contributed by atoms with Crippen LogP contribution in [0.1, 0.15) is 18.4 Å². The molecule has 0 unspecified atom stereocenters. The molecule has 5 nitrogen and oxygen atoms in total. The van der Waals surface area contributed by atoms with Gasteiger partial charge in [-0.25, -0.2) is 4.79 Å². The van der Waals surface area contributed by atoms with Gasteiger partial charge < -0.3 is 19.8 Å². The van der Waals surface area contributed by atoms with Gasteiger partial charge in [0.2, 0.25) is 0 Å². The van der Waals surface area contributed by atoms with Gasteiger partial charge in [-0.05, 0) is 18.4 Å². The van der Waals surface area contributed by atoms with E-state index in [4.69, 9.17) is 4.74 Å². The first kappa shape index (κ1) is 16.5. The molecule has 1 aliphatic rings. The van der Waals surface area contributed by atoms with Crippen molar-refractivity contribution in [2.45, 2.75) is 31.6 Å². The molecule has 1 aromatic rings. The number of ether oxygens (including phenoxy) is 1. The van der Waals surface area contributed by atoms with E-state index in [1.54, 1.807) is 6.08 Å². The maximum Gasteiger partial charge on any atom is 0.410 e. The zero-order valence-corrected chi connectivity index (χ0v) is 12.6. The average molecular weight is 305 g/mol. The minimum Gasteiger partial charge on any atom is -0.445 e. The van der Waals surface area contributed by atoms with Crippen molar-refractivity contribution in [1.82, 2.24) is 4.90 Å². The molecule has 2 rings (SSSR count). The number of hydrogen-bond donors (Lipinski definition) is 2. The van der Waals surface area contributed by atoms with Gasteiger partial charge in [-0.2, -0.15) is 0 Å². The SMILES string of the molecule is C=CC[C@H](CO)[C@@H]1[C@H](O)CCN1C(=O)OCc1ccccc1. The Kier molecular flexibility index (Phi) is 5.98. The normalized spacial score (nSPS) is 22.4. The molecule has 1 fully saturated rings. The second-order valence-electron chi connectivity index (χ2n) is 5.55. The van der Waals surface area contributed by atoms with Crippen LogP contribution < -0.4 is 0 Å². The Bertz CT molecular complexity index is 491. The standard InChI is InChI=1S/C17H23NO4/c1-2-6-14(11-19)16-15(20)9-10-18(16)17(21)22-12-13-7-4-3-5-8-13/h2-5,7-8,14-16,19-20H,1,6,9-12H2/t14-,15-,16-/m1/s1. The summed E-state index contributed by atoms with van der Waals surface area (Å²) in [5.41, 5.74) is 0.914. The van der Waals surface area contributed by atoms with E-state index >= 15 is 0 Å². The number of carbonyl (C=O) groups is 1. The minimum atomic E-state index is -0.638. The topological polar surface area (TPSA) is 70.0 Å². The second-order valence-corrected chi connectivity index (χ2v) is 5.55. The lowest BCUT2D eigenvalue weighted by Gasteiger charge is -2.31. The van der Waals surface area contributed by atoms with Gasteiger partial charge in [-0.15, -0.1) is 6.58 Å². The van der Waals surface area contributed by atoms with Crippen molar-refractivity contribution in [3.05, 3.63) is 48.6 Å². The summed E-state index contributed by atoms with van der Waals surface area (Å²) < 4.78 is 5.33. The zero-order chi connectivity index (χ0) is 15.9. The van der Waals surface area contributed by atoms with Gasteiger partial charge in [0.25, 0.3) is 0 Å². The summed E-state index contributed by atoms with van der Waals surface area (Å²) in [5.74, 6) is -0.223. The average Bonchev–Trinajstić information content (AvgIpc) is 2.93. The van der Waals surface area contributed by atoms with Gasteiger partial charge in [0.1, 0.15) is 6.61 Å². The number of aliphatic hydroxyl groups excluding tert-OH is 2. The fourth-order valence-electron chi connectivity index (χ4n) is 2.92. The second kappa shape index (κ2) is 7.96. The van der Waals surface area contributed by atoms with Crippen LogP contribution in [0.4, 0.5) is 4.79 Å². The van der Waals surface area contributed by atoms with Gasteiger partial charge in [0.15, 0.2) is 0 Å². The van der Waals surface area contributed by atoms with E-state index in [0.717, 1.165) is 5.56 Å². The zero-order valence-electron chi connectivity index (χ0n) is 12.6. The monoisotopic (exact) mass is 305 g/mol. The predicted molar refractivity (Wildman–Crippen MR) is 83.1 cm³/mol. The van der Waals surface area contributed by atoms with E-state index in [9.17, 15) is 15.0 Å². The van der Waals surface area contributed by atoms with Crippen LogP contribution in [0.15, 0.2) is 43.0 Å². The van der Waals surface area contributed by atoms with Crippen LogP contribution in [0.3, 0.4) is 0 Å². The summed E-state index contributed by atoms with van der Waals surface area (Å²) in [7, 11) is 0. The van der Waals surface area contributed by atoms with Crippen LogP contribution in [0.5, 0.6) is 0 Å². The third-order valence-electron chi connectivity index (χ3n) is 4.05. The first-order valence-corrected chi connectivity index (χ1v) is 7.54. The molecule has 1 saturated heterocycles. The lowest BCUT2D eigenvalue weighted by molar-refractivity contribution is 0.0365. The lowest BCUT2D eigenvalue weighted by Crippen LogP contribution is -2.45. The largest absolute Gasteiger partial charge is 0.445 e. The summed E-state index contributed by atoms with van der Waals surface area (Å²) in [4.78, 5) is 13.8. The van der Waals surface area contributed by atoms with Crippen LogP contribution in [-0.4, -0.2) is 46.5 Å². The number of aliphatic hydroxyl groups is 2. The fraction of sp³-hybridized carbons (Fsp3) is 0.471. The maximum atomic E-state index is 12.3. The molecule has 1 heterocycles. The van der Waals surface area contributed by atoms with Crippen LogP contribution in [0.2, 0.25) is 0 Å². The molecule has 5 heteroatoms. The summed E-state index contributed by atoms with van der Waals surface area (Å²) >= 11 is 0. The van der Waals surface area contributed by atoms with Crippen LogP contribution in [0.25, 0.3) is 0 Å². The number of rotatable bonds is 6. The Morgan fingerprint density at radius 1 is 1.45 bits per heavy atom. The molecule has 1 amide bonds. The number of likely N-dealkylation sites (tertiary alicyclic amines) is 1. The van der Waals surface area contributed by atoms with E-state index in [2.05, 4.69) is 6.58 Å². The Balaban J connectivity index is 1.99. The Hall–Kier alpha value is -1.85. The summed E-state index contributed by atoms with van der Waals surface area (Å²) in [5, 5.41) is 19.6. The molecular formula is C17H23NO4. The summed E-state index contributed by atoms with van der Waals surface area (Å²) in [6, 6.07) is 9.02. The Morgan fingerprint density at radius 3 is 2.82 bits per heavy atom. The van der Waals surface area contributed by atoms with Crippen molar-refractivity contribution in [3.63, 3.8) is 0 Å². The van der Waals surface area contributed by atoms with Gasteiger partial charge in [-0.3, -0.25) is 0 Å². The number of amides is 1. The van der Waals surface area contributed by atoms with Crippen molar-refractivity contribution in [3.8, 4) is 0 Å². The molecule has 0 aliphatic carbocycles. The van der Waals surface area contributed by atoms with E-state index in [1.165, 1.54) is 4.90 Å². The number of nitrogens with zero attached hydrogens (tertiary/aromatic N) is 1. The molecule has 2 N–H and O–H groups in total. The number of allylic oxidation sites excluding steroid dienone is 1. The number of benzene rings is 1. The fourth-order valence-corrected chi connectivity index (χ4v) is 2.92. The molecule has 0 bridgehead atoms. The van der Waals surface area contributed by atoms with Crippen LogP contribution in [-0.2, 0) is 11.3 Å². The first-order valence-electron chi connectivity index (χ1n) is 7.54. The highest BCUT2D eigenvalue weighted by Crippen LogP contribution is 2.27. The highest BCUT2D eigenvalue weighted by molar-refractivity contribution is 5.68. The molecule has 0 aromatic heterocycles. The molecule has 0 spiro atoms. The molecule has 1 aromatic carbocycles. The highest BCUT2D eigenvalue weighted by atomic mass is 16.6. The number of hydrogen-bond acceptors (Lipinski definition) is 4. The van der Waals surface area contributed by atoms with Crippen molar-refractivity contribution in [1.29, 1.82) is 0 Å². The third-order valence-corrected chi connectivity index (χ3v) is 4.05. The van der Waals surface area contributed by atoms with Gasteiger partial charge in [0, 0.05) is 19.1 Å². The van der Waals surface area contributed by atoms with E-state index in [0.29, 0.717) is 19.4 Å². The molecule has 3 atom stereocenters. The van der Waals surface area contributed by atoms with Gasteiger partial charge in [0.05, 0.1) is 12.1 Å². The lowest BCUT2D eigenvalue weighted by atomic mass is 9.93. The van der Waals surface area contributed by atoms with Crippen molar-refractivity contribution < 1.29 is 19.7 Å². The van der Waals surface area contributed by atoms with Crippen LogP contribution in [0, 0.1) is 5.92 Å². The van der Waals surface area contributed by atoms with Crippen molar-refractivity contribution >= 4 is 6.09 Å². The van der Waals surface area contributed by atoms with Gasteiger partial charge >= 0.3 is 6.09 Å². The van der Waals surface area contributed by atoms with E-state index in [-0.39, 0.29) is 19.1 Å². The molecule has 22 heavy (non-hydrogen) atoms. The maximum absolute atomic E-state index is 12.3. The van der Waals surface area contributed by atoms with Crippen molar-refractivity contribution in [2.24, 2.45) is 5.92 Å². The smallest absolute Gasteiger partial charge is 0.410 e. The third kappa shape index (κ3) is 3.87. The number of carbonyl (C=O) groups excluding carboxylic acids is 1. The summed E-state index contributed by atoms with van der Waals surface area (Å²) in [6.45, 7) is 4.20. The quantitative estimate of drug-likeness (QED) is 0.788. The van der Waals surface area contributed by atoms with E-state index in [1.807, 2.05) is 30.3 Å². The predicted octanol–water partition coefficient (Wildman–Crippen LogP) is 1.94. The van der Waals surface area contributed by atoms with Gasteiger partial charge in [-0.1, -0.05) is 36.4 Å². The van der Waals surface area contributed by atoms with Crippen molar-refractivity contribution in [2.75, 3.05) is 13.2 Å². The minimum absolute atomic E-state index is 0.101. The Morgan fingerprint density at radius 2 is 2.18 bits per heavy atom. The molecule has 0 saturated carbocycles. The molecule has 0 radical (unpaired) electrons. The molecule has 120 valence electrons. The summed E-state index contributed by atoms with van der Waals surface area (Å²) in [6.07, 6.45) is 1.65.